The highest BCUT2D eigenvalue weighted by atomic mass is 127. The summed E-state index contributed by atoms with van der Waals surface area (Å²) in [5.41, 5.74) is 0.365. The maximum absolute atomic E-state index is 11.7. The van der Waals surface area contributed by atoms with E-state index in [0.717, 1.165) is 9.26 Å². The number of benzene rings is 1. The van der Waals surface area contributed by atoms with E-state index in [9.17, 15) is 4.79 Å². The number of nitrogens with zero attached hydrogens (tertiary/aromatic N) is 1. The van der Waals surface area contributed by atoms with Crippen LogP contribution in [0.3, 0.4) is 0 Å². The number of carbonyl (C=O) groups excluding carboxylic acids is 1. The lowest BCUT2D eigenvalue weighted by atomic mass is 10.2. The van der Waals surface area contributed by atoms with Gasteiger partial charge in [0.25, 0.3) is 0 Å². The van der Waals surface area contributed by atoms with E-state index < -0.39 is 5.60 Å². The van der Waals surface area contributed by atoms with E-state index >= 15 is 0 Å². The Morgan fingerprint density at radius 1 is 1.17 bits per heavy atom. The molecule has 0 atom stereocenters. The van der Waals surface area contributed by atoms with Gasteiger partial charge in [0, 0.05) is 16.3 Å². The van der Waals surface area contributed by atoms with Crippen molar-refractivity contribution < 1.29 is 9.53 Å². The van der Waals surface area contributed by atoms with Gasteiger partial charge in [-0.1, -0.05) is 13.8 Å². The molecule has 0 aliphatic heterocycles. The van der Waals surface area contributed by atoms with Gasteiger partial charge in [-0.3, -0.25) is 4.90 Å². The molecule has 1 amide bonds. The number of carbonyl (C=O) groups is 1. The van der Waals surface area contributed by atoms with Crippen molar-refractivity contribution in [3.63, 3.8) is 0 Å². The summed E-state index contributed by atoms with van der Waals surface area (Å²) in [5, 5.41) is 0. The van der Waals surface area contributed by atoms with Crippen LogP contribution in [-0.2, 0) is 4.74 Å². The molecule has 4 heteroatoms. The molecule has 3 nitrogen and oxygen atoms in total. The number of ether oxygens (including phenoxy) is 1. The first kappa shape index (κ1) is 17.2. The Morgan fingerprint density at radius 2 is 1.61 bits per heavy atom. The first-order chi connectivity index (χ1) is 8.29. The maximum Gasteiger partial charge on any atom is 0.414 e. The van der Waals surface area contributed by atoms with Crippen molar-refractivity contribution >= 4 is 34.4 Å². The summed E-state index contributed by atoms with van der Waals surface area (Å²) in [6.07, 6.45) is -0.339. The highest BCUT2D eigenvalue weighted by Crippen LogP contribution is 2.17. The molecule has 0 fully saturated rings. The Bertz CT molecular complexity index is 368. The molecule has 0 unspecified atom stereocenters. The normalized spacial score (nSPS) is 10.2. The summed E-state index contributed by atoms with van der Waals surface area (Å²) in [6, 6.07) is 7.70. The second-order valence-electron chi connectivity index (χ2n) is 4.52. The quantitative estimate of drug-likeness (QED) is 0.678. The number of anilines is 1. The molecule has 0 radical (unpaired) electrons. The largest absolute Gasteiger partial charge is 0.443 e. The lowest BCUT2D eigenvalue weighted by molar-refractivity contribution is 0.0589. The summed E-state index contributed by atoms with van der Waals surface area (Å²) in [4.78, 5) is 13.2. The molecule has 0 spiro atoms. The molecule has 0 bridgehead atoms. The third-order valence-electron chi connectivity index (χ3n) is 1.88. The first-order valence-corrected chi connectivity index (χ1v) is 7.10. The molecular weight excluding hydrogens is 341 g/mol. The highest BCUT2D eigenvalue weighted by molar-refractivity contribution is 14.1. The molecule has 0 aliphatic rings. The van der Waals surface area contributed by atoms with E-state index in [4.69, 9.17) is 4.74 Å². The lowest BCUT2D eigenvalue weighted by Gasteiger charge is -2.24. The second-order valence-corrected chi connectivity index (χ2v) is 5.76. The van der Waals surface area contributed by atoms with E-state index in [1.165, 1.54) is 4.90 Å². The van der Waals surface area contributed by atoms with Crippen LogP contribution in [0.5, 0.6) is 0 Å². The van der Waals surface area contributed by atoms with Crippen LogP contribution in [0, 0.1) is 3.57 Å². The Balaban J connectivity index is 0.00000137. The van der Waals surface area contributed by atoms with Crippen LogP contribution in [0.25, 0.3) is 0 Å². The van der Waals surface area contributed by atoms with Crippen molar-refractivity contribution in [3.05, 3.63) is 27.8 Å². The summed E-state index contributed by atoms with van der Waals surface area (Å²) in [7, 11) is 1.70. The van der Waals surface area contributed by atoms with E-state index in [2.05, 4.69) is 22.6 Å². The highest BCUT2D eigenvalue weighted by Gasteiger charge is 2.20. The monoisotopic (exact) mass is 363 g/mol. The number of amides is 1. The van der Waals surface area contributed by atoms with Gasteiger partial charge in [-0.15, -0.1) is 0 Å². The summed E-state index contributed by atoms with van der Waals surface area (Å²) in [5.74, 6) is 0. The van der Waals surface area contributed by atoms with Gasteiger partial charge in [-0.25, -0.2) is 4.79 Å². The fourth-order valence-electron chi connectivity index (χ4n) is 1.10. The van der Waals surface area contributed by atoms with Crippen LogP contribution in [0.1, 0.15) is 34.6 Å². The Kier molecular flexibility index (Phi) is 7.28. The minimum atomic E-state index is -0.464. The van der Waals surface area contributed by atoms with Crippen LogP contribution in [0.2, 0.25) is 0 Å². The molecule has 1 rings (SSSR count). The number of rotatable bonds is 1. The Hall–Kier alpha value is -0.780. The van der Waals surface area contributed by atoms with Gasteiger partial charge in [0.15, 0.2) is 0 Å². The smallest absolute Gasteiger partial charge is 0.414 e. The van der Waals surface area contributed by atoms with Crippen LogP contribution in [0.15, 0.2) is 24.3 Å². The van der Waals surface area contributed by atoms with Gasteiger partial charge >= 0.3 is 6.09 Å². The van der Waals surface area contributed by atoms with Crippen LogP contribution < -0.4 is 4.90 Å². The number of hydrogen-bond donors (Lipinski definition) is 0. The SMILES string of the molecule is CC.CN(C(=O)OC(C)(C)C)c1ccc(I)cc1. The molecule has 0 saturated heterocycles. The Morgan fingerprint density at radius 3 is 2.00 bits per heavy atom. The molecule has 0 heterocycles. The molecular formula is C14H22INO2. The standard InChI is InChI=1S/C12H16INO2.C2H6/c1-12(2,3)16-11(15)14(4)10-7-5-9(13)6-8-10;1-2/h5-8H,1-4H3;1-2H3. The predicted molar refractivity (Wildman–Crippen MR) is 85.1 cm³/mol. The van der Waals surface area contributed by atoms with Crippen molar-refractivity contribution in [2.75, 3.05) is 11.9 Å². The molecule has 1 aromatic carbocycles. The molecule has 18 heavy (non-hydrogen) atoms. The van der Waals surface area contributed by atoms with Crippen molar-refractivity contribution in [2.24, 2.45) is 0 Å². The minimum Gasteiger partial charge on any atom is -0.443 e. The van der Waals surface area contributed by atoms with Crippen molar-refractivity contribution in [2.45, 2.75) is 40.2 Å². The van der Waals surface area contributed by atoms with Gasteiger partial charge in [-0.2, -0.15) is 0 Å². The lowest BCUT2D eigenvalue weighted by Crippen LogP contribution is -2.34. The molecule has 0 aromatic heterocycles. The zero-order valence-corrected chi connectivity index (χ0v) is 14.1. The van der Waals surface area contributed by atoms with Gasteiger partial charge in [0.1, 0.15) is 5.60 Å². The molecule has 1 aromatic rings. The molecule has 0 aliphatic carbocycles. The van der Waals surface area contributed by atoms with Crippen molar-refractivity contribution in [1.82, 2.24) is 0 Å². The predicted octanol–water partition coefficient (Wildman–Crippen LogP) is 4.69. The molecule has 102 valence electrons. The summed E-state index contributed by atoms with van der Waals surface area (Å²) < 4.78 is 6.41. The maximum atomic E-state index is 11.7. The molecule has 0 saturated carbocycles. The van der Waals surface area contributed by atoms with Crippen LogP contribution in [-0.4, -0.2) is 18.7 Å². The fraction of sp³-hybridized carbons (Fsp3) is 0.500. The van der Waals surface area contributed by atoms with E-state index in [0.29, 0.717) is 0 Å². The van der Waals surface area contributed by atoms with Crippen LogP contribution in [0.4, 0.5) is 10.5 Å². The minimum absolute atomic E-state index is 0.339. The fourth-order valence-corrected chi connectivity index (χ4v) is 1.46. The number of halogens is 1. The summed E-state index contributed by atoms with van der Waals surface area (Å²) >= 11 is 2.22. The van der Waals surface area contributed by atoms with Gasteiger partial charge in [-0.05, 0) is 67.6 Å². The molecule has 0 N–H and O–H groups in total. The summed E-state index contributed by atoms with van der Waals surface area (Å²) in [6.45, 7) is 9.56. The average Bonchev–Trinajstić information content (AvgIpc) is 2.29. The van der Waals surface area contributed by atoms with Crippen LogP contribution >= 0.6 is 22.6 Å². The average molecular weight is 363 g/mol. The van der Waals surface area contributed by atoms with Gasteiger partial charge in [0.05, 0.1) is 0 Å². The second kappa shape index (κ2) is 7.61. The van der Waals surface area contributed by atoms with Gasteiger partial charge in [0.2, 0.25) is 0 Å². The third-order valence-corrected chi connectivity index (χ3v) is 2.60. The zero-order chi connectivity index (χ0) is 14.3. The van der Waals surface area contributed by atoms with E-state index in [-0.39, 0.29) is 6.09 Å². The third kappa shape index (κ3) is 6.23. The van der Waals surface area contributed by atoms with Crippen molar-refractivity contribution in [3.8, 4) is 0 Å². The Labute approximate surface area is 124 Å². The van der Waals surface area contributed by atoms with Crippen molar-refractivity contribution in [1.29, 1.82) is 0 Å². The van der Waals surface area contributed by atoms with E-state index in [1.54, 1.807) is 7.05 Å². The number of hydrogen-bond acceptors (Lipinski definition) is 2. The van der Waals surface area contributed by atoms with Gasteiger partial charge < -0.3 is 4.74 Å². The topological polar surface area (TPSA) is 29.5 Å². The van der Waals surface area contributed by atoms with E-state index in [1.807, 2.05) is 58.9 Å². The first-order valence-electron chi connectivity index (χ1n) is 6.02. The zero-order valence-electron chi connectivity index (χ0n) is 12.0.